The largest absolute Gasteiger partial charge is 0.344 e. The number of hydrogen-bond donors (Lipinski definition) is 2. The number of rotatable bonds is 4. The summed E-state index contributed by atoms with van der Waals surface area (Å²) in [4.78, 5) is 30.3. The van der Waals surface area contributed by atoms with Gasteiger partial charge in [-0.05, 0) is 25.1 Å². The molecular formula is C14H12FN3O2S. The van der Waals surface area contributed by atoms with E-state index in [4.69, 9.17) is 6.42 Å². The van der Waals surface area contributed by atoms with Crippen molar-refractivity contribution >= 4 is 28.6 Å². The molecule has 1 heterocycles. The Bertz CT molecular complexity index is 782. The molecule has 0 bridgehead atoms. The summed E-state index contributed by atoms with van der Waals surface area (Å²) < 4.78 is 13.1. The Morgan fingerprint density at radius 3 is 3.10 bits per heavy atom. The van der Waals surface area contributed by atoms with Crippen LogP contribution < -0.4 is 10.9 Å². The zero-order chi connectivity index (χ0) is 15.4. The molecule has 0 spiro atoms. The number of carbonyl (C=O) groups excluding carboxylic acids is 1. The SMILES string of the molecule is C#CCNC(=O)[C@@H](C)Sc1nc2ccc(F)cc2c(=O)[nH]1. The number of aromatic nitrogens is 2. The predicted molar refractivity (Wildman–Crippen MR) is 79.5 cm³/mol. The van der Waals surface area contributed by atoms with Crippen LogP contribution in [0, 0.1) is 18.2 Å². The van der Waals surface area contributed by atoms with Crippen LogP contribution in [0.3, 0.4) is 0 Å². The zero-order valence-electron chi connectivity index (χ0n) is 11.1. The van der Waals surface area contributed by atoms with E-state index < -0.39 is 16.6 Å². The Kier molecular flexibility index (Phi) is 4.60. The van der Waals surface area contributed by atoms with Gasteiger partial charge in [-0.15, -0.1) is 6.42 Å². The molecule has 0 unspecified atom stereocenters. The standard InChI is InChI=1S/C14H12FN3O2S/c1-3-6-16-12(19)8(2)21-14-17-11-5-4-9(15)7-10(11)13(20)18-14/h1,4-5,7-8H,6H2,2H3,(H,16,19)(H,17,18,20)/t8-/m1/s1. The average Bonchev–Trinajstić information content (AvgIpc) is 2.45. The van der Waals surface area contributed by atoms with Crippen molar-refractivity contribution < 1.29 is 9.18 Å². The Labute approximate surface area is 124 Å². The quantitative estimate of drug-likeness (QED) is 0.507. The Balaban J connectivity index is 2.24. The topological polar surface area (TPSA) is 74.8 Å². The van der Waals surface area contributed by atoms with Gasteiger partial charge in [0, 0.05) is 0 Å². The first-order valence-corrected chi connectivity index (χ1v) is 6.96. The highest BCUT2D eigenvalue weighted by atomic mass is 32.2. The van der Waals surface area contributed by atoms with E-state index in [1.807, 2.05) is 0 Å². The number of thioether (sulfide) groups is 1. The highest BCUT2D eigenvalue weighted by molar-refractivity contribution is 8.00. The number of amides is 1. The van der Waals surface area contributed by atoms with Crippen molar-refractivity contribution in [3.8, 4) is 12.3 Å². The summed E-state index contributed by atoms with van der Waals surface area (Å²) in [7, 11) is 0. The van der Waals surface area contributed by atoms with Crippen LogP contribution in [0.4, 0.5) is 4.39 Å². The molecule has 21 heavy (non-hydrogen) atoms. The highest BCUT2D eigenvalue weighted by Gasteiger charge is 2.16. The second kappa shape index (κ2) is 6.41. The smallest absolute Gasteiger partial charge is 0.259 e. The monoisotopic (exact) mass is 305 g/mol. The van der Waals surface area contributed by atoms with Gasteiger partial charge in [-0.25, -0.2) is 9.37 Å². The number of nitrogens with one attached hydrogen (secondary N) is 2. The third kappa shape index (κ3) is 3.61. The third-order valence-electron chi connectivity index (χ3n) is 2.67. The number of H-pyrrole nitrogens is 1. The predicted octanol–water partition coefficient (Wildman–Crippen LogP) is 1.29. The molecule has 0 saturated carbocycles. The minimum absolute atomic E-state index is 0.144. The number of hydrogen-bond acceptors (Lipinski definition) is 4. The lowest BCUT2D eigenvalue weighted by Gasteiger charge is -2.10. The molecule has 2 N–H and O–H groups in total. The van der Waals surface area contributed by atoms with Crippen LogP contribution in [0.1, 0.15) is 6.92 Å². The van der Waals surface area contributed by atoms with E-state index >= 15 is 0 Å². The molecule has 2 aromatic rings. The second-order valence-corrected chi connectivity index (χ2v) is 5.54. The highest BCUT2D eigenvalue weighted by Crippen LogP contribution is 2.20. The van der Waals surface area contributed by atoms with E-state index in [1.54, 1.807) is 6.92 Å². The molecular weight excluding hydrogens is 293 g/mol. The molecule has 108 valence electrons. The van der Waals surface area contributed by atoms with Crippen LogP contribution in [-0.4, -0.2) is 27.7 Å². The maximum Gasteiger partial charge on any atom is 0.259 e. The van der Waals surface area contributed by atoms with E-state index in [2.05, 4.69) is 21.2 Å². The molecule has 0 aliphatic carbocycles. The minimum Gasteiger partial charge on any atom is -0.344 e. The number of carbonyl (C=O) groups is 1. The van der Waals surface area contributed by atoms with E-state index in [9.17, 15) is 14.0 Å². The summed E-state index contributed by atoms with van der Waals surface area (Å²) in [6, 6.07) is 3.78. The van der Waals surface area contributed by atoms with Crippen molar-refractivity contribution in [1.82, 2.24) is 15.3 Å². The molecule has 0 saturated heterocycles. The molecule has 1 aromatic carbocycles. The molecule has 0 aliphatic rings. The number of fused-ring (bicyclic) bond motifs is 1. The number of aromatic amines is 1. The van der Waals surface area contributed by atoms with E-state index in [1.165, 1.54) is 12.1 Å². The average molecular weight is 305 g/mol. The third-order valence-corrected chi connectivity index (χ3v) is 3.65. The van der Waals surface area contributed by atoms with Gasteiger partial charge in [0.25, 0.3) is 5.56 Å². The molecule has 2 rings (SSSR count). The zero-order valence-corrected chi connectivity index (χ0v) is 12.0. The van der Waals surface area contributed by atoms with Gasteiger partial charge in [-0.1, -0.05) is 17.7 Å². The Hall–Kier alpha value is -2.33. The molecule has 0 aliphatic heterocycles. The summed E-state index contributed by atoms with van der Waals surface area (Å²) in [5, 5.41) is 2.54. The van der Waals surface area contributed by atoms with Crippen molar-refractivity contribution in [2.24, 2.45) is 0 Å². The molecule has 0 radical (unpaired) electrons. The normalized spacial score (nSPS) is 11.9. The van der Waals surface area contributed by atoms with Crippen LogP contribution in [0.25, 0.3) is 10.9 Å². The van der Waals surface area contributed by atoms with E-state index in [0.717, 1.165) is 17.8 Å². The lowest BCUT2D eigenvalue weighted by molar-refractivity contribution is -0.120. The maximum absolute atomic E-state index is 13.1. The van der Waals surface area contributed by atoms with Gasteiger partial charge < -0.3 is 10.3 Å². The second-order valence-electron chi connectivity index (χ2n) is 4.21. The van der Waals surface area contributed by atoms with E-state index in [-0.39, 0.29) is 17.8 Å². The van der Waals surface area contributed by atoms with Gasteiger partial charge in [0.15, 0.2) is 5.16 Å². The van der Waals surface area contributed by atoms with Crippen LogP contribution in [-0.2, 0) is 4.79 Å². The molecule has 1 atom stereocenters. The summed E-state index contributed by atoms with van der Waals surface area (Å²) >= 11 is 1.09. The van der Waals surface area contributed by atoms with Crippen LogP contribution >= 0.6 is 11.8 Å². The number of benzene rings is 1. The first-order chi connectivity index (χ1) is 10.0. The van der Waals surface area contributed by atoms with Crippen molar-refractivity contribution in [1.29, 1.82) is 0 Å². The first kappa shape index (κ1) is 15.1. The Morgan fingerprint density at radius 2 is 2.38 bits per heavy atom. The summed E-state index contributed by atoms with van der Waals surface area (Å²) in [5.74, 6) is 1.55. The van der Waals surface area contributed by atoms with Crippen molar-refractivity contribution in [3.63, 3.8) is 0 Å². The number of nitrogens with zero attached hydrogens (tertiary/aromatic N) is 1. The van der Waals surface area contributed by atoms with Gasteiger partial charge in [0.1, 0.15) is 5.82 Å². The lowest BCUT2D eigenvalue weighted by Crippen LogP contribution is -2.31. The van der Waals surface area contributed by atoms with Gasteiger partial charge in [-0.2, -0.15) is 0 Å². The summed E-state index contributed by atoms with van der Waals surface area (Å²) in [6.07, 6.45) is 5.06. The minimum atomic E-state index is -0.503. The van der Waals surface area contributed by atoms with Gasteiger partial charge in [0.05, 0.1) is 22.7 Å². The number of halogens is 1. The summed E-state index contributed by atoms with van der Waals surface area (Å²) in [5.41, 5.74) is -0.0721. The fourth-order valence-electron chi connectivity index (χ4n) is 1.65. The Morgan fingerprint density at radius 1 is 1.62 bits per heavy atom. The number of terminal acetylenes is 1. The van der Waals surface area contributed by atoms with Gasteiger partial charge >= 0.3 is 0 Å². The van der Waals surface area contributed by atoms with E-state index in [0.29, 0.717) is 10.7 Å². The van der Waals surface area contributed by atoms with Gasteiger partial charge in [-0.3, -0.25) is 9.59 Å². The maximum atomic E-state index is 13.1. The summed E-state index contributed by atoms with van der Waals surface area (Å²) in [6.45, 7) is 1.82. The van der Waals surface area contributed by atoms with Gasteiger partial charge in [0.2, 0.25) is 5.91 Å². The van der Waals surface area contributed by atoms with Crippen LogP contribution in [0.2, 0.25) is 0 Å². The lowest BCUT2D eigenvalue weighted by atomic mass is 10.2. The van der Waals surface area contributed by atoms with Crippen LogP contribution in [0.5, 0.6) is 0 Å². The molecule has 1 aromatic heterocycles. The molecule has 7 heteroatoms. The molecule has 1 amide bonds. The first-order valence-electron chi connectivity index (χ1n) is 6.08. The fraction of sp³-hybridized carbons (Fsp3) is 0.214. The van der Waals surface area contributed by atoms with Crippen molar-refractivity contribution in [2.75, 3.05) is 6.54 Å². The van der Waals surface area contributed by atoms with Crippen molar-refractivity contribution in [2.45, 2.75) is 17.3 Å². The fourth-order valence-corrected chi connectivity index (χ4v) is 2.48. The van der Waals surface area contributed by atoms with Crippen molar-refractivity contribution in [3.05, 3.63) is 34.4 Å². The van der Waals surface area contributed by atoms with Crippen LogP contribution in [0.15, 0.2) is 28.2 Å². The molecule has 0 fully saturated rings. The molecule has 5 nitrogen and oxygen atoms in total.